The molecule has 0 spiro atoms. The Morgan fingerprint density at radius 3 is 1.31 bits per heavy atom. The average Bonchev–Trinajstić information content (AvgIpc) is 2.64. The molecule has 1 N–H and O–H groups in total. The molecule has 6 heteroatoms. The second-order valence-electron chi connectivity index (χ2n) is 8.63. The zero-order chi connectivity index (χ0) is 21.1. The van der Waals surface area contributed by atoms with Gasteiger partial charge in [-0.2, -0.15) is 0 Å². The maximum Gasteiger partial charge on any atom is 1.00 e. The molecule has 0 saturated carbocycles. The SMILES string of the molecule is CCCCCCCCC(O)CCCCCCCCCCCCC(C)S(=O)(=O)[O-].[K+]. The Kier molecular flexibility index (Phi) is 25.6. The molecule has 2 unspecified atom stereocenters. The summed E-state index contributed by atoms with van der Waals surface area (Å²) in [5.41, 5.74) is 0. The molecule has 0 aromatic rings. The Hall–Kier alpha value is 1.51. The number of rotatable bonds is 21. The van der Waals surface area contributed by atoms with E-state index in [4.69, 9.17) is 0 Å². The van der Waals surface area contributed by atoms with Gasteiger partial charge in [0.2, 0.25) is 0 Å². The monoisotopic (exact) mass is 458 g/mol. The van der Waals surface area contributed by atoms with E-state index in [1.807, 2.05) is 0 Å². The van der Waals surface area contributed by atoms with Crippen LogP contribution >= 0.6 is 0 Å². The summed E-state index contributed by atoms with van der Waals surface area (Å²) in [7, 11) is -4.10. The van der Waals surface area contributed by atoms with Gasteiger partial charge in [-0.15, -0.1) is 0 Å². The Morgan fingerprint density at radius 2 is 0.966 bits per heavy atom. The molecule has 0 aromatic carbocycles. The van der Waals surface area contributed by atoms with E-state index in [0.717, 1.165) is 38.5 Å². The van der Waals surface area contributed by atoms with Crippen LogP contribution in [0.4, 0.5) is 0 Å². The fourth-order valence-corrected chi connectivity index (χ4v) is 4.13. The number of unbranched alkanes of at least 4 members (excludes halogenated alkanes) is 14. The molecule has 0 aromatic heterocycles. The van der Waals surface area contributed by atoms with Crippen LogP contribution in [0.2, 0.25) is 0 Å². The summed E-state index contributed by atoms with van der Waals surface area (Å²) >= 11 is 0. The van der Waals surface area contributed by atoms with Crippen LogP contribution in [-0.2, 0) is 10.1 Å². The first-order valence-electron chi connectivity index (χ1n) is 12.0. The van der Waals surface area contributed by atoms with E-state index < -0.39 is 15.4 Å². The van der Waals surface area contributed by atoms with Gasteiger partial charge < -0.3 is 9.66 Å². The molecule has 0 bridgehead atoms. The van der Waals surface area contributed by atoms with Gasteiger partial charge >= 0.3 is 51.4 Å². The second kappa shape index (κ2) is 22.7. The van der Waals surface area contributed by atoms with Crippen molar-refractivity contribution in [1.82, 2.24) is 0 Å². The molecule has 29 heavy (non-hydrogen) atoms. The standard InChI is InChI=1S/C23H48O4S.K/c1-3-4-5-6-14-17-20-23(24)21-18-15-12-10-8-7-9-11-13-16-19-22(2)28(25,26)27;/h22-24H,3-21H2,1-2H3,(H,25,26,27);/q;+1/p-1. The van der Waals surface area contributed by atoms with Crippen LogP contribution in [0.3, 0.4) is 0 Å². The Bertz CT molecular complexity index is 429. The average molecular weight is 459 g/mol. The van der Waals surface area contributed by atoms with Gasteiger partial charge in [0, 0.05) is 5.25 Å². The van der Waals surface area contributed by atoms with Gasteiger partial charge in [-0.05, 0) is 26.2 Å². The molecule has 0 fully saturated rings. The third kappa shape index (κ3) is 24.0. The normalized spacial score (nSPS) is 13.8. The topological polar surface area (TPSA) is 77.4 Å². The van der Waals surface area contributed by atoms with Crippen LogP contribution in [0, 0.1) is 0 Å². The smallest absolute Gasteiger partial charge is 0.748 e. The Balaban J connectivity index is 0. The Morgan fingerprint density at radius 1 is 0.655 bits per heavy atom. The molecular formula is C23H47KO4S. The van der Waals surface area contributed by atoms with Crippen LogP contribution in [-0.4, -0.2) is 29.4 Å². The van der Waals surface area contributed by atoms with E-state index in [0.29, 0.717) is 6.42 Å². The number of hydrogen-bond donors (Lipinski definition) is 1. The molecule has 2 atom stereocenters. The van der Waals surface area contributed by atoms with Gasteiger partial charge in [-0.3, -0.25) is 0 Å². The number of aliphatic hydroxyl groups excluding tert-OH is 1. The van der Waals surface area contributed by atoms with Crippen LogP contribution in [0.25, 0.3) is 0 Å². The van der Waals surface area contributed by atoms with Crippen LogP contribution in [0.5, 0.6) is 0 Å². The van der Waals surface area contributed by atoms with Gasteiger partial charge in [0.15, 0.2) is 0 Å². The van der Waals surface area contributed by atoms with E-state index >= 15 is 0 Å². The minimum Gasteiger partial charge on any atom is -0.748 e. The Labute approximate surface area is 224 Å². The van der Waals surface area contributed by atoms with Crippen molar-refractivity contribution >= 4 is 10.1 Å². The van der Waals surface area contributed by atoms with E-state index in [2.05, 4.69) is 6.92 Å². The maximum atomic E-state index is 10.8. The third-order valence-electron chi connectivity index (χ3n) is 5.78. The summed E-state index contributed by atoms with van der Waals surface area (Å²) in [6, 6.07) is 0. The molecule has 0 radical (unpaired) electrons. The minimum absolute atomic E-state index is 0. The van der Waals surface area contributed by atoms with Gasteiger partial charge in [-0.1, -0.05) is 110 Å². The largest absolute Gasteiger partial charge is 1.00 e. The van der Waals surface area contributed by atoms with Gasteiger partial charge in [0.1, 0.15) is 0 Å². The van der Waals surface area contributed by atoms with Crippen molar-refractivity contribution in [3.63, 3.8) is 0 Å². The van der Waals surface area contributed by atoms with Crippen molar-refractivity contribution in [1.29, 1.82) is 0 Å². The van der Waals surface area contributed by atoms with E-state index in [1.165, 1.54) is 84.0 Å². The quantitative estimate of drug-likeness (QED) is 0.162. The molecule has 0 amide bonds. The van der Waals surface area contributed by atoms with Crippen molar-refractivity contribution in [3.8, 4) is 0 Å². The van der Waals surface area contributed by atoms with Gasteiger partial charge in [0.05, 0.1) is 16.2 Å². The third-order valence-corrected chi connectivity index (χ3v) is 7.00. The molecule has 0 heterocycles. The van der Waals surface area contributed by atoms with Crippen molar-refractivity contribution in [2.45, 2.75) is 147 Å². The summed E-state index contributed by atoms with van der Waals surface area (Å²) in [6.45, 7) is 3.75. The molecule has 0 aliphatic rings. The van der Waals surface area contributed by atoms with E-state index in [9.17, 15) is 18.1 Å². The zero-order valence-corrected chi connectivity index (χ0v) is 23.6. The molecule has 0 aliphatic carbocycles. The molecule has 0 saturated heterocycles. The molecule has 0 aliphatic heterocycles. The zero-order valence-electron chi connectivity index (χ0n) is 19.7. The van der Waals surface area contributed by atoms with Crippen LogP contribution in [0.15, 0.2) is 0 Å². The molecule has 170 valence electrons. The van der Waals surface area contributed by atoms with Crippen LogP contribution in [0.1, 0.15) is 136 Å². The summed E-state index contributed by atoms with van der Waals surface area (Å²) in [6.07, 6.45) is 21.7. The van der Waals surface area contributed by atoms with Gasteiger partial charge in [0.25, 0.3) is 0 Å². The summed E-state index contributed by atoms with van der Waals surface area (Å²) in [4.78, 5) is 0. The van der Waals surface area contributed by atoms with Crippen LogP contribution < -0.4 is 51.4 Å². The minimum atomic E-state index is -4.10. The summed E-state index contributed by atoms with van der Waals surface area (Å²) in [5, 5.41) is 9.28. The fraction of sp³-hybridized carbons (Fsp3) is 1.00. The van der Waals surface area contributed by atoms with E-state index in [1.54, 1.807) is 0 Å². The van der Waals surface area contributed by atoms with Gasteiger partial charge in [-0.25, -0.2) is 8.42 Å². The van der Waals surface area contributed by atoms with Crippen molar-refractivity contribution in [3.05, 3.63) is 0 Å². The second-order valence-corrected chi connectivity index (χ2v) is 10.4. The summed E-state index contributed by atoms with van der Waals surface area (Å²) < 4.78 is 32.4. The predicted molar refractivity (Wildman–Crippen MR) is 119 cm³/mol. The van der Waals surface area contributed by atoms with Crippen molar-refractivity contribution in [2.24, 2.45) is 0 Å². The number of aliphatic hydroxyl groups is 1. The fourth-order valence-electron chi connectivity index (χ4n) is 3.67. The maximum absolute atomic E-state index is 10.8. The molecular weight excluding hydrogens is 411 g/mol. The van der Waals surface area contributed by atoms with E-state index in [-0.39, 0.29) is 57.5 Å². The first kappa shape index (κ1) is 32.7. The predicted octanol–water partition coefficient (Wildman–Crippen LogP) is 3.72. The molecule has 0 rings (SSSR count). The first-order chi connectivity index (χ1) is 13.4. The number of hydrogen-bond acceptors (Lipinski definition) is 4. The molecule has 4 nitrogen and oxygen atoms in total. The first-order valence-corrected chi connectivity index (χ1v) is 13.5. The van der Waals surface area contributed by atoms with Crippen molar-refractivity contribution in [2.75, 3.05) is 0 Å². The van der Waals surface area contributed by atoms with Crippen molar-refractivity contribution < 1.29 is 69.5 Å². The summed E-state index contributed by atoms with van der Waals surface area (Å²) in [5.74, 6) is 0.